The number of carbonyl (C=O) groups excluding carboxylic acids is 3. The lowest BCUT2D eigenvalue weighted by Gasteiger charge is -2.27. The van der Waals surface area contributed by atoms with E-state index < -0.39 is 10.0 Å². The molecule has 9 heteroatoms. The van der Waals surface area contributed by atoms with Gasteiger partial charge >= 0.3 is 0 Å². The molecule has 1 unspecified atom stereocenters. The number of hydrogen-bond donors (Lipinski definition) is 1. The lowest BCUT2D eigenvalue weighted by atomic mass is 9.94. The van der Waals surface area contributed by atoms with E-state index in [0.29, 0.717) is 22.9 Å². The fourth-order valence-electron chi connectivity index (χ4n) is 4.22. The van der Waals surface area contributed by atoms with E-state index >= 15 is 0 Å². The van der Waals surface area contributed by atoms with Crippen LogP contribution in [0.4, 0.5) is 0 Å². The third-order valence-electron chi connectivity index (χ3n) is 6.18. The quantitative estimate of drug-likeness (QED) is 0.485. The van der Waals surface area contributed by atoms with Gasteiger partial charge in [0, 0.05) is 43.6 Å². The van der Waals surface area contributed by atoms with Crippen molar-refractivity contribution in [3.05, 3.63) is 77.4 Å². The Hall–Kier alpha value is -3.56. The normalized spacial score (nSPS) is 14.5. The molecular formula is C26H27N3O5S. The standard InChI is InChI=1S/C26H27N3O5S/c1-17(18-12-14-20(15-13-18)35(33,34)28(2)3)27-23(30)11-6-16-29-25(31)21-9-4-7-19-8-5-10-22(24(19)21)26(29)32/h4-5,7-10,12-15,17H,6,11,16H2,1-3H3,(H,27,30). The number of nitrogens with zero attached hydrogens (tertiary/aromatic N) is 2. The average Bonchev–Trinajstić information content (AvgIpc) is 2.84. The highest BCUT2D eigenvalue weighted by Crippen LogP contribution is 2.30. The Morgan fingerprint density at radius 3 is 2.06 bits per heavy atom. The van der Waals surface area contributed by atoms with E-state index in [1.807, 2.05) is 19.1 Å². The lowest BCUT2D eigenvalue weighted by Crippen LogP contribution is -2.41. The van der Waals surface area contributed by atoms with E-state index in [9.17, 15) is 22.8 Å². The second-order valence-corrected chi connectivity index (χ2v) is 10.9. The molecule has 1 aliphatic heterocycles. The first-order valence-corrected chi connectivity index (χ1v) is 12.7. The molecule has 3 aromatic carbocycles. The predicted octanol–water partition coefficient (Wildman–Crippen LogP) is 3.34. The first kappa shape index (κ1) is 24.6. The molecule has 1 N–H and O–H groups in total. The highest BCUT2D eigenvalue weighted by molar-refractivity contribution is 7.89. The summed E-state index contributed by atoms with van der Waals surface area (Å²) in [4.78, 5) is 39.8. The zero-order valence-corrected chi connectivity index (χ0v) is 20.6. The van der Waals surface area contributed by atoms with Gasteiger partial charge in [-0.2, -0.15) is 0 Å². The molecular weight excluding hydrogens is 466 g/mol. The predicted molar refractivity (Wildman–Crippen MR) is 132 cm³/mol. The fourth-order valence-corrected chi connectivity index (χ4v) is 5.12. The summed E-state index contributed by atoms with van der Waals surface area (Å²) in [5.41, 5.74) is 1.76. The number of carbonyl (C=O) groups is 3. The van der Waals surface area contributed by atoms with Crippen molar-refractivity contribution in [3.8, 4) is 0 Å². The Bertz CT molecular complexity index is 1360. The summed E-state index contributed by atoms with van der Waals surface area (Å²) in [6.45, 7) is 1.95. The van der Waals surface area contributed by atoms with Gasteiger partial charge in [0.25, 0.3) is 11.8 Å². The van der Waals surface area contributed by atoms with Crippen LogP contribution in [0.5, 0.6) is 0 Å². The number of amides is 3. The van der Waals surface area contributed by atoms with Crippen molar-refractivity contribution in [2.24, 2.45) is 0 Å². The summed E-state index contributed by atoms with van der Waals surface area (Å²) in [7, 11) is -0.582. The van der Waals surface area contributed by atoms with Crippen LogP contribution >= 0.6 is 0 Å². The van der Waals surface area contributed by atoms with Gasteiger partial charge in [0.15, 0.2) is 0 Å². The molecule has 1 aliphatic rings. The van der Waals surface area contributed by atoms with Crippen LogP contribution in [-0.4, -0.2) is 56.0 Å². The van der Waals surface area contributed by atoms with Gasteiger partial charge in [0.1, 0.15) is 0 Å². The Morgan fingerprint density at radius 2 is 1.51 bits per heavy atom. The molecule has 0 radical (unpaired) electrons. The van der Waals surface area contributed by atoms with Crippen molar-refractivity contribution in [2.75, 3.05) is 20.6 Å². The minimum Gasteiger partial charge on any atom is -0.350 e. The summed E-state index contributed by atoms with van der Waals surface area (Å²) in [6, 6.07) is 16.8. The van der Waals surface area contributed by atoms with Gasteiger partial charge in [-0.1, -0.05) is 36.4 Å². The van der Waals surface area contributed by atoms with Crippen LogP contribution < -0.4 is 5.32 Å². The molecule has 1 atom stereocenters. The SMILES string of the molecule is CC(NC(=O)CCCN1C(=O)c2cccc3cccc(c23)C1=O)c1ccc(S(=O)(=O)N(C)C)cc1. The molecule has 3 aromatic rings. The average molecular weight is 494 g/mol. The summed E-state index contributed by atoms with van der Waals surface area (Å²) < 4.78 is 25.6. The molecule has 35 heavy (non-hydrogen) atoms. The van der Waals surface area contributed by atoms with Crippen molar-refractivity contribution in [1.82, 2.24) is 14.5 Å². The molecule has 182 valence electrons. The third kappa shape index (κ3) is 4.69. The first-order valence-electron chi connectivity index (χ1n) is 11.3. The number of benzene rings is 3. The largest absolute Gasteiger partial charge is 0.350 e. The number of hydrogen-bond acceptors (Lipinski definition) is 5. The third-order valence-corrected chi connectivity index (χ3v) is 8.01. The lowest BCUT2D eigenvalue weighted by molar-refractivity contribution is -0.121. The van der Waals surface area contributed by atoms with Crippen LogP contribution in [0.25, 0.3) is 10.8 Å². The molecule has 0 spiro atoms. The maximum absolute atomic E-state index is 13.0. The monoisotopic (exact) mass is 493 g/mol. The summed E-state index contributed by atoms with van der Waals surface area (Å²) in [5.74, 6) is -0.913. The molecule has 0 aromatic heterocycles. The smallest absolute Gasteiger partial charge is 0.261 e. The zero-order valence-electron chi connectivity index (χ0n) is 19.8. The molecule has 4 rings (SSSR count). The fraction of sp³-hybridized carbons (Fsp3) is 0.269. The van der Waals surface area contributed by atoms with Crippen LogP contribution in [0.15, 0.2) is 65.6 Å². The van der Waals surface area contributed by atoms with Crippen LogP contribution in [0.2, 0.25) is 0 Å². The minimum atomic E-state index is -3.52. The highest BCUT2D eigenvalue weighted by Gasteiger charge is 2.32. The summed E-state index contributed by atoms with van der Waals surface area (Å²) in [5, 5.41) is 4.41. The van der Waals surface area contributed by atoms with Gasteiger partial charge in [-0.05, 0) is 48.6 Å². The van der Waals surface area contributed by atoms with Gasteiger partial charge in [-0.15, -0.1) is 0 Å². The number of sulfonamides is 1. The summed E-state index contributed by atoms with van der Waals surface area (Å²) >= 11 is 0. The molecule has 0 bridgehead atoms. The van der Waals surface area contributed by atoms with Crippen molar-refractivity contribution < 1.29 is 22.8 Å². The van der Waals surface area contributed by atoms with Crippen LogP contribution in [0.3, 0.4) is 0 Å². The van der Waals surface area contributed by atoms with Crippen molar-refractivity contribution in [1.29, 1.82) is 0 Å². The maximum atomic E-state index is 13.0. The van der Waals surface area contributed by atoms with Crippen LogP contribution in [0, 0.1) is 0 Å². The Balaban J connectivity index is 1.35. The second kappa shape index (κ2) is 9.59. The Labute approximate surface area is 204 Å². The molecule has 0 aliphatic carbocycles. The van der Waals surface area contributed by atoms with E-state index in [1.165, 1.54) is 31.1 Å². The molecule has 0 fully saturated rings. The minimum absolute atomic E-state index is 0.139. The van der Waals surface area contributed by atoms with Crippen molar-refractivity contribution >= 4 is 38.5 Å². The number of rotatable bonds is 8. The van der Waals surface area contributed by atoms with Gasteiger partial charge in [0.2, 0.25) is 15.9 Å². The van der Waals surface area contributed by atoms with Gasteiger partial charge in [0.05, 0.1) is 10.9 Å². The van der Waals surface area contributed by atoms with E-state index in [-0.39, 0.29) is 41.6 Å². The van der Waals surface area contributed by atoms with E-state index in [4.69, 9.17) is 0 Å². The van der Waals surface area contributed by atoms with Crippen LogP contribution in [0.1, 0.15) is 52.1 Å². The molecule has 0 saturated heterocycles. The van der Waals surface area contributed by atoms with Gasteiger partial charge < -0.3 is 5.32 Å². The van der Waals surface area contributed by atoms with Crippen molar-refractivity contribution in [3.63, 3.8) is 0 Å². The van der Waals surface area contributed by atoms with E-state index in [1.54, 1.807) is 36.4 Å². The van der Waals surface area contributed by atoms with E-state index in [0.717, 1.165) is 15.3 Å². The number of nitrogens with one attached hydrogen (secondary N) is 1. The van der Waals surface area contributed by atoms with Crippen LogP contribution in [-0.2, 0) is 14.8 Å². The summed E-state index contributed by atoms with van der Waals surface area (Å²) in [6.07, 6.45) is 0.467. The maximum Gasteiger partial charge on any atom is 0.261 e. The zero-order chi connectivity index (χ0) is 25.3. The van der Waals surface area contributed by atoms with Crippen molar-refractivity contribution in [2.45, 2.75) is 30.7 Å². The second-order valence-electron chi connectivity index (χ2n) is 8.72. The number of imide groups is 1. The topological polar surface area (TPSA) is 104 Å². The molecule has 3 amide bonds. The van der Waals surface area contributed by atoms with E-state index in [2.05, 4.69) is 5.32 Å². The Kier molecular flexibility index (Phi) is 6.73. The Morgan fingerprint density at radius 1 is 0.943 bits per heavy atom. The molecule has 1 heterocycles. The molecule has 8 nitrogen and oxygen atoms in total. The highest BCUT2D eigenvalue weighted by atomic mass is 32.2. The first-order chi connectivity index (χ1) is 16.6. The van der Waals surface area contributed by atoms with Gasteiger partial charge in [-0.25, -0.2) is 12.7 Å². The molecule has 0 saturated carbocycles. The van der Waals surface area contributed by atoms with Gasteiger partial charge in [-0.3, -0.25) is 19.3 Å².